The minimum absolute atomic E-state index is 0. The summed E-state index contributed by atoms with van der Waals surface area (Å²) in [5.74, 6) is 0.233. The molecular formula is C58H106Cl2N6O13S2Ti. The number of nitrogens with two attached hydrogens (primary N) is 1. The molecule has 2 aliphatic rings. The van der Waals surface area contributed by atoms with E-state index in [4.69, 9.17) is 67.7 Å². The number of carbonyl (C=O) groups is 3. The number of rotatable bonds is 19. The summed E-state index contributed by atoms with van der Waals surface area (Å²) in [6.07, 6.45) is 11.7. The number of aliphatic hydroxyl groups excluding tert-OH is 4. The number of ketones is 1. The Morgan fingerprint density at radius 2 is 0.976 bits per heavy atom. The summed E-state index contributed by atoms with van der Waals surface area (Å²) >= 11 is 12.2. The number of pyridine rings is 2. The molecule has 19 nitrogen and oxygen atoms in total. The Labute approximate surface area is 523 Å². The third kappa shape index (κ3) is 47.7. The zero-order valence-electron chi connectivity index (χ0n) is 52.5. The van der Waals surface area contributed by atoms with Crippen molar-refractivity contribution in [2.75, 3.05) is 65.8 Å². The SMILES string of the molecule is CC(C)(C)OC(=O)N1CC[C@@H](OCCCCC(=O)CCc2cccnc2Cl)C1.CC(C)(C)OC(=O)N1CC[C@@H](OCCCCC(CCc2cccnc2Cl)=N[S@](=O)C(C)(C)C)C1.CC(C)(C)[S@](N)=O.CCO.CCO.CCO.CCO.[Ti]. The normalized spacial score (nSPS) is 15.7. The molecule has 2 fully saturated rings. The molecule has 0 aliphatic carbocycles. The molecule has 24 heteroatoms. The number of aryl methyl sites for hydroxylation is 2. The molecule has 476 valence electrons. The van der Waals surface area contributed by atoms with E-state index in [0.717, 1.165) is 61.8 Å². The van der Waals surface area contributed by atoms with Crippen LogP contribution in [-0.2, 0) is 80.3 Å². The van der Waals surface area contributed by atoms with Crippen molar-refractivity contribution in [3.05, 3.63) is 58.1 Å². The number of nitrogens with zero attached hydrogens (tertiary/aromatic N) is 5. The van der Waals surface area contributed by atoms with E-state index >= 15 is 0 Å². The van der Waals surface area contributed by atoms with Gasteiger partial charge in [-0.25, -0.2) is 28.0 Å². The number of unbranched alkanes of at least 4 members (excludes halogenated alkanes) is 2. The standard InChI is InChI=1S/C25H40ClN3O4S.C21H31ClN2O4.C4H11NOS.4C2H6O.Ti/c1-24(2,3)33-23(30)29-16-14-21(18-29)32-17-8-7-11-20(28-34(31)25(4,5)6)13-12-19-10-9-15-27-22(19)26;1-21(2,3)28-20(26)24-13-11-18(15-24)27-14-5-4-8-17(25)10-9-16-7-6-12-23-19(16)22;1-4(2,3)7(5)6;4*1-2-3;/h9-10,15,21H,7-8,11-14,16-18H2,1-6H3;6-7,12,18H,4-5,8-11,13-15H2,1-3H3;5H2,1-3H3;4*3H,2H2,1H3;/t21-,34-;18-;7-;;;;;/m111...../s1. The number of ether oxygens (including phenoxy) is 4. The Morgan fingerprint density at radius 1 is 0.622 bits per heavy atom. The van der Waals surface area contributed by atoms with Crippen LogP contribution < -0.4 is 5.14 Å². The van der Waals surface area contributed by atoms with E-state index in [-0.39, 0.29) is 83.1 Å². The van der Waals surface area contributed by atoms with E-state index in [1.54, 1.807) is 49.9 Å². The van der Waals surface area contributed by atoms with Crippen LogP contribution in [0.3, 0.4) is 0 Å². The maximum Gasteiger partial charge on any atom is 0.410 e. The number of aromatic nitrogens is 2. The van der Waals surface area contributed by atoms with E-state index in [2.05, 4.69) is 14.4 Å². The van der Waals surface area contributed by atoms with Crippen molar-refractivity contribution in [1.82, 2.24) is 19.8 Å². The minimum atomic E-state index is -1.30. The molecule has 0 aromatic carbocycles. The van der Waals surface area contributed by atoms with Gasteiger partial charge in [-0.15, -0.1) is 0 Å². The molecule has 0 saturated carbocycles. The summed E-state index contributed by atoms with van der Waals surface area (Å²) in [7, 11) is -2.48. The Morgan fingerprint density at radius 3 is 1.30 bits per heavy atom. The predicted octanol–water partition coefficient (Wildman–Crippen LogP) is 10.6. The van der Waals surface area contributed by atoms with Crippen molar-refractivity contribution in [2.24, 2.45) is 9.54 Å². The number of hydrogen-bond acceptors (Lipinski definition) is 15. The predicted molar refractivity (Wildman–Crippen MR) is 331 cm³/mol. The van der Waals surface area contributed by atoms with Gasteiger partial charge in [0, 0.05) is 105 Å². The topological polar surface area (TPSA) is 274 Å². The third-order valence-corrected chi connectivity index (χ3v) is 13.7. The first-order valence-corrected chi connectivity index (χ1v) is 31.2. The monoisotopic (exact) mass is 1280 g/mol. The van der Waals surface area contributed by atoms with Crippen molar-refractivity contribution in [3.63, 3.8) is 0 Å². The van der Waals surface area contributed by atoms with Crippen molar-refractivity contribution in [3.8, 4) is 0 Å². The number of likely N-dealkylation sites (tertiary alicyclic amines) is 2. The van der Waals surface area contributed by atoms with Gasteiger partial charge >= 0.3 is 12.2 Å². The molecule has 2 amide bonds. The van der Waals surface area contributed by atoms with E-state index in [1.165, 1.54) is 0 Å². The van der Waals surface area contributed by atoms with Crippen LogP contribution in [0.5, 0.6) is 0 Å². The fourth-order valence-corrected chi connectivity index (χ4v) is 7.55. The van der Waals surface area contributed by atoms with Crippen molar-refractivity contribution in [1.29, 1.82) is 0 Å². The molecule has 2 aromatic heterocycles. The van der Waals surface area contributed by atoms with Crippen LogP contribution in [0.1, 0.15) is 186 Å². The second kappa shape index (κ2) is 48.6. The van der Waals surface area contributed by atoms with Crippen molar-refractivity contribution in [2.45, 2.75) is 221 Å². The van der Waals surface area contributed by atoms with Gasteiger partial charge in [-0.2, -0.15) is 4.40 Å². The van der Waals surface area contributed by atoms with Gasteiger partial charge < -0.3 is 49.2 Å². The number of halogens is 2. The van der Waals surface area contributed by atoms with Crippen molar-refractivity contribution >= 4 is 68.9 Å². The summed E-state index contributed by atoms with van der Waals surface area (Å²) in [6, 6.07) is 7.56. The molecule has 82 heavy (non-hydrogen) atoms. The molecule has 2 saturated heterocycles. The average Bonchev–Trinajstić information content (AvgIpc) is 4.04. The maximum absolute atomic E-state index is 12.6. The number of aliphatic hydroxyl groups is 4. The Balaban J connectivity index is -0.000000565. The van der Waals surface area contributed by atoms with Gasteiger partial charge in [-0.1, -0.05) is 35.3 Å². The van der Waals surface area contributed by atoms with Gasteiger partial charge in [0.05, 0.1) is 45.8 Å². The number of carbonyl (C=O) groups excluding carboxylic acids is 3. The van der Waals surface area contributed by atoms with Gasteiger partial charge in [0.1, 0.15) is 38.3 Å². The molecule has 0 spiro atoms. The fourth-order valence-electron chi connectivity index (χ4n) is 6.43. The third-order valence-electron chi connectivity index (χ3n) is 10.4. The molecule has 4 atom stereocenters. The van der Waals surface area contributed by atoms with Gasteiger partial charge in [0.25, 0.3) is 0 Å². The van der Waals surface area contributed by atoms with Crippen LogP contribution in [0, 0.1) is 0 Å². The first-order chi connectivity index (χ1) is 37.7. The van der Waals surface area contributed by atoms with Gasteiger partial charge in [-0.05, 0) is 198 Å². The van der Waals surface area contributed by atoms with Gasteiger partial charge in [0.2, 0.25) is 0 Å². The van der Waals surface area contributed by atoms with E-state index in [9.17, 15) is 22.8 Å². The molecular weight excluding hydrogens is 1170 g/mol. The first kappa shape index (κ1) is 85.9. The molecule has 2 aromatic rings. The van der Waals surface area contributed by atoms with Gasteiger partial charge in [0.15, 0.2) is 0 Å². The Bertz CT molecular complexity index is 2070. The van der Waals surface area contributed by atoms with Crippen molar-refractivity contribution < 1.29 is 83.9 Å². The zero-order valence-corrected chi connectivity index (χ0v) is 57.2. The second-order valence-corrected chi connectivity index (χ2v) is 26.9. The second-order valence-electron chi connectivity index (χ2n) is 22.5. The fraction of sp³-hybridized carbons (Fsp3) is 0.759. The van der Waals surface area contributed by atoms with Crippen LogP contribution in [0.4, 0.5) is 9.59 Å². The number of Topliss-reactive ketones (excluding diaryl/α,β-unsaturated/α-hetero) is 1. The van der Waals surface area contributed by atoms with Gasteiger partial charge in [-0.3, -0.25) is 9.93 Å². The zero-order chi connectivity index (χ0) is 62.8. The number of hydrogen-bond donors (Lipinski definition) is 5. The smallest absolute Gasteiger partial charge is 0.410 e. The summed E-state index contributed by atoms with van der Waals surface area (Å²) in [5, 5.41) is 36.3. The summed E-state index contributed by atoms with van der Waals surface area (Å²) in [6.45, 7) is 33.9. The molecule has 6 N–H and O–H groups in total. The number of amides is 2. The minimum Gasteiger partial charge on any atom is -0.444 e. The summed E-state index contributed by atoms with van der Waals surface area (Å²) < 4.78 is 49.5. The Hall–Kier alpha value is -2.51. The quantitative estimate of drug-likeness (QED) is 0.0379. The van der Waals surface area contributed by atoms with Crippen LogP contribution in [0.2, 0.25) is 10.3 Å². The summed E-state index contributed by atoms with van der Waals surface area (Å²) in [4.78, 5) is 47.8. The maximum atomic E-state index is 12.6. The molecule has 0 bridgehead atoms. The van der Waals surface area contributed by atoms with E-state index in [1.807, 2.05) is 107 Å². The largest absolute Gasteiger partial charge is 0.444 e. The molecule has 0 unspecified atom stereocenters. The molecule has 0 radical (unpaired) electrons. The molecule has 4 heterocycles. The van der Waals surface area contributed by atoms with Crippen LogP contribution in [-0.4, -0.2) is 171 Å². The average molecular weight is 1280 g/mol. The molecule has 4 rings (SSSR count). The van der Waals surface area contributed by atoms with Crippen LogP contribution in [0.25, 0.3) is 0 Å². The first-order valence-electron chi connectivity index (χ1n) is 28.2. The van der Waals surface area contributed by atoms with Crippen LogP contribution in [0.15, 0.2) is 41.1 Å². The molecule has 2 aliphatic heterocycles. The van der Waals surface area contributed by atoms with E-state index < -0.39 is 37.9 Å². The summed E-state index contributed by atoms with van der Waals surface area (Å²) in [5.41, 5.74) is 1.85. The Kier molecular flexibility index (Phi) is 50.9. The van der Waals surface area contributed by atoms with Crippen LogP contribution >= 0.6 is 23.2 Å². The van der Waals surface area contributed by atoms with E-state index in [0.29, 0.717) is 81.8 Å².